The van der Waals surface area contributed by atoms with Crippen molar-refractivity contribution in [3.8, 4) is 11.4 Å². The highest BCUT2D eigenvalue weighted by Gasteiger charge is 2.35. The number of halogens is 6. The van der Waals surface area contributed by atoms with Crippen LogP contribution in [-0.4, -0.2) is 30.6 Å². The highest BCUT2D eigenvalue weighted by Crippen LogP contribution is 2.30. The predicted octanol–water partition coefficient (Wildman–Crippen LogP) is 3.97. The lowest BCUT2D eigenvalue weighted by Crippen LogP contribution is -2.15. The van der Waals surface area contributed by atoms with Crippen molar-refractivity contribution in [2.45, 2.75) is 38.0 Å². The van der Waals surface area contributed by atoms with Crippen LogP contribution in [0.4, 0.5) is 26.3 Å². The molecule has 3 aromatic rings. The molecule has 3 aromatic heterocycles. The molecule has 0 fully saturated rings. The first-order chi connectivity index (χ1) is 15.4. The molecule has 0 aromatic carbocycles. The number of pyridine rings is 1. The van der Waals surface area contributed by atoms with E-state index in [1.165, 1.54) is 13.1 Å². The van der Waals surface area contributed by atoms with Crippen LogP contribution in [0.5, 0.6) is 0 Å². The zero-order chi connectivity index (χ0) is 24.4. The Morgan fingerprint density at radius 3 is 2.24 bits per heavy atom. The van der Waals surface area contributed by atoms with Gasteiger partial charge in [-0.15, -0.1) is 0 Å². The number of nitrogens with two attached hydrogens (primary N) is 1. The second-order valence-corrected chi connectivity index (χ2v) is 7.20. The molecule has 1 aliphatic carbocycles. The maximum absolute atomic E-state index is 12.7. The number of carbonyl (C=O) groups excluding carboxylic acids is 1. The van der Waals surface area contributed by atoms with Crippen molar-refractivity contribution in [3.63, 3.8) is 0 Å². The molecule has 4 rings (SSSR count). The Balaban J connectivity index is 0.000000205. The van der Waals surface area contributed by atoms with Gasteiger partial charge in [-0.25, -0.2) is 9.97 Å². The lowest BCUT2D eigenvalue weighted by molar-refractivity contribution is -0.142. The molecule has 0 atom stereocenters. The molecule has 0 spiro atoms. The Morgan fingerprint density at radius 2 is 1.67 bits per heavy atom. The minimum Gasteiger partial charge on any atom is -0.364 e. The molecule has 0 bridgehead atoms. The summed E-state index contributed by atoms with van der Waals surface area (Å²) < 4.78 is 74.8. The van der Waals surface area contributed by atoms with Gasteiger partial charge in [0.05, 0.1) is 0 Å². The summed E-state index contributed by atoms with van der Waals surface area (Å²) in [5.41, 5.74) is 4.89. The van der Waals surface area contributed by atoms with Gasteiger partial charge in [0, 0.05) is 36.8 Å². The van der Waals surface area contributed by atoms with E-state index in [0.29, 0.717) is 17.5 Å². The van der Waals surface area contributed by atoms with Crippen molar-refractivity contribution in [2.75, 3.05) is 0 Å². The molecule has 0 radical (unpaired) electrons. The largest absolute Gasteiger partial charge is 0.435 e. The van der Waals surface area contributed by atoms with Gasteiger partial charge in [0.2, 0.25) is 0 Å². The third-order valence-corrected chi connectivity index (χ3v) is 4.80. The third kappa shape index (κ3) is 5.84. The monoisotopic (exact) mass is 472 g/mol. The fourth-order valence-electron chi connectivity index (χ4n) is 3.18. The summed E-state index contributed by atoms with van der Waals surface area (Å²) in [6.45, 7) is 0. The van der Waals surface area contributed by atoms with Crippen LogP contribution in [0, 0.1) is 0 Å². The lowest BCUT2D eigenvalue weighted by Gasteiger charge is -2.15. The number of aryl methyl sites for hydroxylation is 3. The van der Waals surface area contributed by atoms with Gasteiger partial charge >= 0.3 is 12.4 Å². The van der Waals surface area contributed by atoms with E-state index >= 15 is 0 Å². The minimum atomic E-state index is -4.55. The molecule has 176 valence electrons. The van der Waals surface area contributed by atoms with Crippen LogP contribution in [0.3, 0.4) is 0 Å². The number of alkyl halides is 6. The average molecular weight is 472 g/mol. The molecule has 7 nitrogen and oxygen atoms in total. The van der Waals surface area contributed by atoms with Gasteiger partial charge in [-0.2, -0.15) is 31.4 Å². The first kappa shape index (κ1) is 24.1. The maximum atomic E-state index is 12.7. The number of fused-ring (bicyclic) bond motifs is 1. The normalized spacial score (nSPS) is 13.7. The molecule has 33 heavy (non-hydrogen) atoms. The Hall–Kier alpha value is -3.51. The number of aromatic nitrogens is 5. The van der Waals surface area contributed by atoms with Crippen molar-refractivity contribution in [3.05, 3.63) is 58.9 Å². The van der Waals surface area contributed by atoms with Crippen molar-refractivity contribution < 1.29 is 31.1 Å². The van der Waals surface area contributed by atoms with E-state index < -0.39 is 29.6 Å². The SMILES string of the molecule is Cn1nc(C(F)(F)F)cc1C(N)=O.FC(F)(F)c1cc(-c2ncc3c(n2)CCCC3)ccn1. The Kier molecular flexibility index (Phi) is 6.70. The fourth-order valence-corrected chi connectivity index (χ4v) is 3.18. The second-order valence-electron chi connectivity index (χ2n) is 7.20. The van der Waals surface area contributed by atoms with E-state index in [-0.39, 0.29) is 5.69 Å². The van der Waals surface area contributed by atoms with E-state index in [1.807, 2.05) is 0 Å². The van der Waals surface area contributed by atoms with Gasteiger partial charge in [0.15, 0.2) is 11.5 Å². The van der Waals surface area contributed by atoms with Crippen LogP contribution in [-0.2, 0) is 32.2 Å². The Labute approximate surface area is 183 Å². The van der Waals surface area contributed by atoms with Crippen LogP contribution in [0.25, 0.3) is 11.4 Å². The van der Waals surface area contributed by atoms with E-state index in [4.69, 9.17) is 5.73 Å². The smallest absolute Gasteiger partial charge is 0.364 e. The molecule has 1 aliphatic rings. The zero-order valence-corrected chi connectivity index (χ0v) is 17.2. The number of amides is 1. The number of nitrogens with zero attached hydrogens (tertiary/aromatic N) is 5. The lowest BCUT2D eigenvalue weighted by atomic mass is 9.97. The molecular formula is C20H18F6N6O. The van der Waals surface area contributed by atoms with Crippen molar-refractivity contribution in [1.29, 1.82) is 0 Å². The quantitative estimate of drug-likeness (QED) is 0.569. The number of rotatable bonds is 2. The predicted molar refractivity (Wildman–Crippen MR) is 104 cm³/mol. The number of hydrogen-bond donors (Lipinski definition) is 1. The molecule has 2 N–H and O–H groups in total. The molecule has 0 saturated carbocycles. The van der Waals surface area contributed by atoms with Crippen molar-refractivity contribution in [1.82, 2.24) is 24.7 Å². The van der Waals surface area contributed by atoms with E-state index in [9.17, 15) is 31.1 Å². The number of primary amides is 1. The van der Waals surface area contributed by atoms with Crippen LogP contribution < -0.4 is 5.73 Å². The molecule has 0 unspecified atom stereocenters. The topological polar surface area (TPSA) is 99.6 Å². The van der Waals surface area contributed by atoms with Crippen molar-refractivity contribution >= 4 is 5.91 Å². The average Bonchev–Trinajstić information content (AvgIpc) is 3.16. The van der Waals surface area contributed by atoms with Gasteiger partial charge in [-0.3, -0.25) is 14.5 Å². The third-order valence-electron chi connectivity index (χ3n) is 4.80. The Morgan fingerprint density at radius 1 is 1.00 bits per heavy atom. The van der Waals surface area contributed by atoms with E-state index in [2.05, 4.69) is 20.1 Å². The van der Waals surface area contributed by atoms with Crippen LogP contribution >= 0.6 is 0 Å². The summed E-state index contributed by atoms with van der Waals surface area (Å²) in [4.78, 5) is 22.5. The molecule has 13 heteroatoms. The summed E-state index contributed by atoms with van der Waals surface area (Å²) in [7, 11) is 1.22. The van der Waals surface area contributed by atoms with E-state index in [0.717, 1.165) is 53.9 Å². The Bertz CT molecular complexity index is 1150. The molecule has 0 aliphatic heterocycles. The second kappa shape index (κ2) is 9.16. The molecular weight excluding hydrogens is 454 g/mol. The van der Waals surface area contributed by atoms with Gasteiger partial charge in [0.25, 0.3) is 5.91 Å². The zero-order valence-electron chi connectivity index (χ0n) is 17.2. The van der Waals surface area contributed by atoms with Gasteiger partial charge in [0.1, 0.15) is 11.4 Å². The fraction of sp³-hybridized carbons (Fsp3) is 0.350. The number of carbonyl (C=O) groups is 1. The van der Waals surface area contributed by atoms with Crippen LogP contribution in [0.1, 0.15) is 46.0 Å². The first-order valence-electron chi connectivity index (χ1n) is 9.65. The summed E-state index contributed by atoms with van der Waals surface area (Å²) in [6, 6.07) is 3.10. The summed E-state index contributed by atoms with van der Waals surface area (Å²) >= 11 is 0. The van der Waals surface area contributed by atoms with Crippen molar-refractivity contribution in [2.24, 2.45) is 12.8 Å². The first-order valence-corrected chi connectivity index (χ1v) is 9.65. The van der Waals surface area contributed by atoms with Gasteiger partial charge in [-0.1, -0.05) is 0 Å². The number of hydrogen-bond acceptors (Lipinski definition) is 5. The summed E-state index contributed by atoms with van der Waals surface area (Å²) in [5, 5.41) is 3.09. The van der Waals surface area contributed by atoms with Crippen LogP contribution in [0.15, 0.2) is 30.6 Å². The summed E-state index contributed by atoms with van der Waals surface area (Å²) in [6.07, 6.45) is -2.15. The molecule has 3 heterocycles. The highest BCUT2D eigenvalue weighted by molar-refractivity contribution is 5.91. The van der Waals surface area contributed by atoms with Gasteiger partial charge in [-0.05, 0) is 43.4 Å². The van der Waals surface area contributed by atoms with Crippen LogP contribution in [0.2, 0.25) is 0 Å². The highest BCUT2D eigenvalue weighted by atomic mass is 19.4. The molecule has 0 saturated heterocycles. The standard InChI is InChI=1S/C14H12F3N3.C6H6F3N3O/c15-14(16,17)12-7-9(5-6-18-12)13-19-8-10-3-1-2-4-11(10)20-13;1-12-3(5(10)13)2-4(11-12)6(7,8)9/h5-8H,1-4H2;2H,1H3,(H2,10,13). The van der Waals surface area contributed by atoms with Gasteiger partial charge < -0.3 is 5.73 Å². The van der Waals surface area contributed by atoms with E-state index in [1.54, 1.807) is 6.20 Å². The molecule has 1 amide bonds. The maximum Gasteiger partial charge on any atom is 0.435 e. The minimum absolute atomic E-state index is 0.271. The summed E-state index contributed by atoms with van der Waals surface area (Å²) in [5.74, 6) is -0.607.